The lowest BCUT2D eigenvalue weighted by molar-refractivity contribution is -0.138. The molecule has 0 bridgehead atoms. The summed E-state index contributed by atoms with van der Waals surface area (Å²) in [6.07, 6.45) is 5.38. The number of benzene rings is 1. The summed E-state index contributed by atoms with van der Waals surface area (Å²) in [5.41, 5.74) is 5.98. The van der Waals surface area contributed by atoms with Gasteiger partial charge in [0, 0.05) is 32.2 Å². The van der Waals surface area contributed by atoms with E-state index in [9.17, 15) is 33.6 Å². The minimum absolute atomic E-state index is 0.0871. The average Bonchev–Trinajstić information content (AvgIpc) is 3.06. The SMILES string of the molecule is CCC(SC)C(=O)N(C=O)CCCCCC(=O)NC(C(=O)NCC(=O)Nc1ccc(COC(=O)NC)cc1)C(C)C.CCCNC(N)=O. The summed E-state index contributed by atoms with van der Waals surface area (Å²) in [6, 6.07) is 5.46. The van der Waals surface area contributed by atoms with Crippen LogP contribution in [0.2, 0.25) is 0 Å². The van der Waals surface area contributed by atoms with Crippen LogP contribution in [0.1, 0.15) is 71.8 Å². The van der Waals surface area contributed by atoms with E-state index < -0.39 is 30.0 Å². The highest BCUT2D eigenvalue weighted by Crippen LogP contribution is 2.14. The Morgan fingerprint density at radius 3 is 2.15 bits per heavy atom. The van der Waals surface area contributed by atoms with Gasteiger partial charge in [-0.3, -0.25) is 28.9 Å². The van der Waals surface area contributed by atoms with Crippen molar-refractivity contribution < 1.29 is 38.3 Å². The van der Waals surface area contributed by atoms with Crippen LogP contribution in [0, 0.1) is 5.92 Å². The molecule has 270 valence electrons. The third kappa shape index (κ3) is 19.4. The normalized spacial score (nSPS) is 11.5. The Bertz CT molecular complexity index is 1160. The maximum atomic E-state index is 12.7. The number of hydrogen-bond donors (Lipinski definition) is 6. The number of unbranched alkanes of at least 4 members (excludes halogenated alkanes) is 2. The fourth-order valence-corrected chi connectivity index (χ4v) is 4.67. The Balaban J connectivity index is 0.00000282. The van der Waals surface area contributed by atoms with Crippen LogP contribution in [0.25, 0.3) is 0 Å². The van der Waals surface area contributed by atoms with Gasteiger partial charge < -0.3 is 37.1 Å². The molecular weight excluding hydrogens is 642 g/mol. The summed E-state index contributed by atoms with van der Waals surface area (Å²) in [5.74, 6) is -1.60. The topological polar surface area (TPSA) is 218 Å². The molecule has 0 heterocycles. The molecule has 0 aliphatic rings. The molecule has 1 aromatic carbocycles. The number of imide groups is 1. The van der Waals surface area contributed by atoms with E-state index in [0.717, 1.165) is 12.0 Å². The fourth-order valence-electron chi connectivity index (χ4n) is 4.00. The van der Waals surface area contributed by atoms with Crippen LogP contribution < -0.4 is 32.3 Å². The van der Waals surface area contributed by atoms with Gasteiger partial charge in [0.25, 0.3) is 0 Å². The average molecular weight is 696 g/mol. The third-order valence-corrected chi connectivity index (χ3v) is 7.80. The van der Waals surface area contributed by atoms with Gasteiger partial charge >= 0.3 is 12.1 Å². The van der Waals surface area contributed by atoms with Crippen LogP contribution in [-0.4, -0.2) is 91.3 Å². The van der Waals surface area contributed by atoms with Crippen LogP contribution in [0.3, 0.4) is 0 Å². The summed E-state index contributed by atoms with van der Waals surface area (Å²) in [6.45, 7) is 8.24. The number of ether oxygens (including phenoxy) is 1. The van der Waals surface area contributed by atoms with Gasteiger partial charge in [0.15, 0.2) is 0 Å². The van der Waals surface area contributed by atoms with E-state index in [0.29, 0.717) is 50.9 Å². The maximum Gasteiger partial charge on any atom is 0.407 e. The second-order valence-corrected chi connectivity index (χ2v) is 12.0. The number of carbonyl (C=O) groups is 7. The first kappa shape index (κ1) is 43.7. The largest absolute Gasteiger partial charge is 0.445 e. The minimum atomic E-state index is -0.810. The Labute approximate surface area is 287 Å². The van der Waals surface area contributed by atoms with Crippen molar-refractivity contribution in [3.8, 4) is 0 Å². The van der Waals surface area contributed by atoms with Crippen molar-refractivity contribution in [2.75, 3.05) is 38.3 Å². The van der Waals surface area contributed by atoms with Crippen molar-refractivity contribution in [3.05, 3.63) is 29.8 Å². The summed E-state index contributed by atoms with van der Waals surface area (Å²) in [4.78, 5) is 83.4. The van der Waals surface area contributed by atoms with E-state index >= 15 is 0 Å². The van der Waals surface area contributed by atoms with Crippen molar-refractivity contribution in [2.24, 2.45) is 11.7 Å². The van der Waals surface area contributed by atoms with Gasteiger partial charge in [-0.15, -0.1) is 0 Å². The van der Waals surface area contributed by atoms with Gasteiger partial charge in [-0.25, -0.2) is 9.59 Å². The highest BCUT2D eigenvalue weighted by molar-refractivity contribution is 7.99. The number of alkyl carbamates (subject to hydrolysis) is 1. The van der Waals surface area contributed by atoms with E-state index in [1.807, 2.05) is 20.1 Å². The first-order valence-electron chi connectivity index (χ1n) is 15.9. The lowest BCUT2D eigenvalue weighted by atomic mass is 10.0. The van der Waals surface area contributed by atoms with Gasteiger partial charge in [0.1, 0.15) is 12.6 Å². The van der Waals surface area contributed by atoms with Crippen molar-refractivity contribution in [1.82, 2.24) is 26.2 Å². The predicted molar refractivity (Wildman–Crippen MR) is 186 cm³/mol. The molecule has 7 N–H and O–H groups in total. The highest BCUT2D eigenvalue weighted by Gasteiger charge is 2.25. The molecule has 0 spiro atoms. The number of carbonyl (C=O) groups excluding carboxylic acids is 7. The van der Waals surface area contributed by atoms with Gasteiger partial charge in [-0.2, -0.15) is 11.8 Å². The van der Waals surface area contributed by atoms with Gasteiger partial charge in [-0.1, -0.05) is 46.2 Å². The highest BCUT2D eigenvalue weighted by atomic mass is 32.2. The lowest BCUT2D eigenvalue weighted by Crippen LogP contribution is -2.51. The Morgan fingerprint density at radius 1 is 0.979 bits per heavy atom. The number of hydrogen-bond acceptors (Lipinski definition) is 9. The molecule has 0 radical (unpaired) electrons. The molecule has 2 atom stereocenters. The zero-order chi connectivity index (χ0) is 36.5. The molecule has 48 heavy (non-hydrogen) atoms. The quantitative estimate of drug-likeness (QED) is 0.0871. The zero-order valence-electron chi connectivity index (χ0n) is 28.9. The molecule has 8 amide bonds. The molecule has 0 aliphatic carbocycles. The molecule has 0 saturated heterocycles. The number of rotatable bonds is 20. The number of urea groups is 1. The van der Waals surface area contributed by atoms with Crippen molar-refractivity contribution in [3.63, 3.8) is 0 Å². The number of nitrogens with zero attached hydrogens (tertiary/aromatic N) is 1. The molecule has 0 aromatic heterocycles. The van der Waals surface area contributed by atoms with Crippen molar-refractivity contribution in [2.45, 2.75) is 84.1 Å². The standard InChI is InChI=1S/C28H43N5O7S.C4H10N2O/c1-6-22(41-5)27(38)33(18-34)15-9-7-8-10-23(35)32-25(19(2)3)26(37)30-16-24(36)31-21-13-11-20(12-14-21)17-40-28(39)29-4;1-2-3-6-4(5)7/h11-14,18-19,22,25H,6-10,15-17H2,1-5H3,(H,29,39)(H,30,37)(H,31,36)(H,32,35);2-3H2,1H3,(H3,5,6,7). The van der Waals surface area contributed by atoms with E-state index in [-0.39, 0.29) is 42.6 Å². The summed E-state index contributed by atoms with van der Waals surface area (Å²) in [5, 5.41) is 12.5. The van der Waals surface area contributed by atoms with Crippen LogP contribution in [0.5, 0.6) is 0 Å². The number of primary amides is 1. The Kier molecular flexibility index (Phi) is 23.4. The smallest absolute Gasteiger partial charge is 0.407 e. The molecule has 0 saturated carbocycles. The molecule has 0 fully saturated rings. The van der Waals surface area contributed by atoms with E-state index in [1.54, 1.807) is 38.1 Å². The summed E-state index contributed by atoms with van der Waals surface area (Å²) >= 11 is 1.42. The van der Waals surface area contributed by atoms with E-state index in [1.165, 1.54) is 23.7 Å². The van der Waals surface area contributed by atoms with Gasteiger partial charge in [0.05, 0.1) is 11.8 Å². The van der Waals surface area contributed by atoms with Gasteiger partial charge in [0.2, 0.25) is 30.0 Å². The van der Waals surface area contributed by atoms with Crippen LogP contribution in [0.4, 0.5) is 15.3 Å². The lowest BCUT2D eigenvalue weighted by Gasteiger charge is -2.22. The van der Waals surface area contributed by atoms with Crippen LogP contribution in [0.15, 0.2) is 24.3 Å². The van der Waals surface area contributed by atoms with Crippen LogP contribution in [-0.2, 0) is 35.3 Å². The van der Waals surface area contributed by atoms with Gasteiger partial charge in [-0.05, 0) is 55.6 Å². The number of amides is 8. The number of anilines is 1. The zero-order valence-corrected chi connectivity index (χ0v) is 29.7. The third-order valence-electron chi connectivity index (χ3n) is 6.69. The fraction of sp³-hybridized carbons (Fsp3) is 0.594. The summed E-state index contributed by atoms with van der Waals surface area (Å²) in [7, 11) is 1.46. The second kappa shape index (κ2) is 25.7. The maximum absolute atomic E-state index is 12.7. The number of nitrogens with two attached hydrogens (primary N) is 1. The molecule has 0 aliphatic heterocycles. The first-order chi connectivity index (χ1) is 22.8. The minimum Gasteiger partial charge on any atom is -0.445 e. The molecule has 15 nitrogen and oxygen atoms in total. The molecule has 1 aromatic rings. The molecule has 2 unspecified atom stereocenters. The van der Waals surface area contributed by atoms with Crippen molar-refractivity contribution in [1.29, 1.82) is 0 Å². The van der Waals surface area contributed by atoms with E-state index in [2.05, 4.69) is 26.6 Å². The Hall–Kier alpha value is -4.34. The predicted octanol–water partition coefficient (Wildman–Crippen LogP) is 2.49. The van der Waals surface area contributed by atoms with E-state index in [4.69, 9.17) is 10.5 Å². The second-order valence-electron chi connectivity index (χ2n) is 10.9. The number of nitrogens with one attached hydrogen (secondary N) is 5. The number of thioether (sulfide) groups is 1. The monoisotopic (exact) mass is 695 g/mol. The first-order valence-corrected chi connectivity index (χ1v) is 17.2. The van der Waals surface area contributed by atoms with Crippen LogP contribution >= 0.6 is 11.8 Å². The molecule has 16 heteroatoms. The molecular formula is C32H53N7O8S. The van der Waals surface area contributed by atoms with Crippen molar-refractivity contribution >= 4 is 59.6 Å². The summed E-state index contributed by atoms with van der Waals surface area (Å²) < 4.78 is 4.96. The Morgan fingerprint density at radius 2 is 1.65 bits per heavy atom. The molecule has 1 rings (SSSR count).